The predicted octanol–water partition coefficient (Wildman–Crippen LogP) is 7.63. The lowest BCUT2D eigenvalue weighted by atomic mass is 10.0. The highest BCUT2D eigenvalue weighted by molar-refractivity contribution is 5.84. The van der Waals surface area contributed by atoms with E-state index in [2.05, 4.69) is 42.2 Å². The molecule has 0 unspecified atom stereocenters. The fourth-order valence-corrected chi connectivity index (χ4v) is 3.59. The molecule has 0 fully saturated rings. The second-order valence-electron chi connectivity index (χ2n) is 7.79. The first kappa shape index (κ1) is 22.6. The molecule has 0 spiro atoms. The number of hydrogen-bond donors (Lipinski definition) is 0. The van der Waals surface area contributed by atoms with Crippen molar-refractivity contribution in [3.8, 4) is 11.1 Å². The standard InChI is InChI=1S/C28H31FN2/c1-3-5-6-7-10-24-11-8-9-12-26(24)21-31-30-20-23-15-18-27(28(29)19-23)25-16-13-22(4-2)14-17-25/h8-9,11-21H,3-7,10H2,1-2H3. The fraction of sp³-hybridized carbons (Fsp3) is 0.286. The Balaban J connectivity index is 1.64. The highest BCUT2D eigenvalue weighted by Crippen LogP contribution is 2.24. The molecule has 0 aliphatic rings. The highest BCUT2D eigenvalue weighted by Gasteiger charge is 2.06. The first-order valence-electron chi connectivity index (χ1n) is 11.2. The van der Waals surface area contributed by atoms with Crippen molar-refractivity contribution in [2.75, 3.05) is 0 Å². The van der Waals surface area contributed by atoms with Gasteiger partial charge in [0.2, 0.25) is 0 Å². The molecular weight excluding hydrogens is 383 g/mol. The summed E-state index contributed by atoms with van der Waals surface area (Å²) < 4.78 is 14.6. The second-order valence-corrected chi connectivity index (χ2v) is 7.79. The van der Waals surface area contributed by atoms with Crippen molar-refractivity contribution in [2.45, 2.75) is 52.4 Å². The van der Waals surface area contributed by atoms with Crippen molar-refractivity contribution >= 4 is 12.4 Å². The average Bonchev–Trinajstić information content (AvgIpc) is 2.80. The van der Waals surface area contributed by atoms with Gasteiger partial charge in [-0.05, 0) is 53.1 Å². The molecule has 3 rings (SSSR count). The van der Waals surface area contributed by atoms with Gasteiger partial charge in [0.1, 0.15) is 5.82 Å². The fourth-order valence-electron chi connectivity index (χ4n) is 3.59. The Hall–Kier alpha value is -3.07. The summed E-state index contributed by atoms with van der Waals surface area (Å²) in [5.41, 5.74) is 5.80. The van der Waals surface area contributed by atoms with Crippen LogP contribution in [0.15, 0.2) is 76.9 Å². The molecule has 0 saturated heterocycles. The zero-order chi connectivity index (χ0) is 21.9. The summed E-state index contributed by atoms with van der Waals surface area (Å²) >= 11 is 0. The number of aryl methyl sites for hydroxylation is 2. The molecule has 0 aromatic heterocycles. The summed E-state index contributed by atoms with van der Waals surface area (Å²) in [7, 11) is 0. The van der Waals surface area contributed by atoms with Crippen LogP contribution in [0.2, 0.25) is 0 Å². The molecule has 0 atom stereocenters. The molecule has 0 saturated carbocycles. The summed E-state index contributed by atoms with van der Waals surface area (Å²) in [5, 5.41) is 8.32. The van der Waals surface area contributed by atoms with E-state index in [1.807, 2.05) is 36.4 Å². The minimum Gasteiger partial charge on any atom is -0.206 e. The van der Waals surface area contributed by atoms with E-state index >= 15 is 0 Å². The van der Waals surface area contributed by atoms with Crippen molar-refractivity contribution in [3.63, 3.8) is 0 Å². The summed E-state index contributed by atoms with van der Waals surface area (Å²) in [4.78, 5) is 0. The summed E-state index contributed by atoms with van der Waals surface area (Å²) in [6.07, 6.45) is 10.4. The van der Waals surface area contributed by atoms with Crippen LogP contribution >= 0.6 is 0 Å². The first-order valence-corrected chi connectivity index (χ1v) is 11.2. The van der Waals surface area contributed by atoms with Gasteiger partial charge in [0.05, 0.1) is 12.4 Å². The van der Waals surface area contributed by atoms with Crippen molar-refractivity contribution in [2.24, 2.45) is 10.2 Å². The SMILES string of the molecule is CCCCCCc1ccccc1C=NN=Cc1ccc(-c2ccc(CC)cc2)c(F)c1. The average molecular weight is 415 g/mol. The number of halogens is 1. The van der Waals surface area contributed by atoms with Crippen molar-refractivity contribution < 1.29 is 4.39 Å². The molecule has 0 N–H and O–H groups in total. The second kappa shape index (κ2) is 11.9. The van der Waals surface area contributed by atoms with Crippen LogP contribution in [0.3, 0.4) is 0 Å². The molecular formula is C28H31FN2. The number of hydrogen-bond acceptors (Lipinski definition) is 2. The van der Waals surface area contributed by atoms with Gasteiger partial charge < -0.3 is 0 Å². The van der Waals surface area contributed by atoms with Crippen molar-refractivity contribution in [1.29, 1.82) is 0 Å². The van der Waals surface area contributed by atoms with Gasteiger partial charge in [-0.2, -0.15) is 10.2 Å². The van der Waals surface area contributed by atoms with E-state index in [1.54, 1.807) is 18.5 Å². The summed E-state index contributed by atoms with van der Waals surface area (Å²) in [5.74, 6) is -0.255. The minimum absolute atomic E-state index is 0.255. The van der Waals surface area contributed by atoms with Crippen LogP contribution in [0.1, 0.15) is 61.8 Å². The van der Waals surface area contributed by atoms with Crippen LogP contribution < -0.4 is 0 Å². The van der Waals surface area contributed by atoms with Crippen LogP contribution in [0.4, 0.5) is 4.39 Å². The third-order valence-corrected chi connectivity index (χ3v) is 5.49. The lowest BCUT2D eigenvalue weighted by molar-refractivity contribution is 0.631. The maximum absolute atomic E-state index is 14.6. The topological polar surface area (TPSA) is 24.7 Å². The van der Waals surface area contributed by atoms with Gasteiger partial charge in [0.15, 0.2) is 0 Å². The van der Waals surface area contributed by atoms with Gasteiger partial charge >= 0.3 is 0 Å². The highest BCUT2D eigenvalue weighted by atomic mass is 19.1. The maximum Gasteiger partial charge on any atom is 0.131 e. The lowest BCUT2D eigenvalue weighted by Gasteiger charge is -2.05. The largest absolute Gasteiger partial charge is 0.206 e. The Kier molecular flexibility index (Phi) is 8.71. The van der Waals surface area contributed by atoms with E-state index in [4.69, 9.17) is 0 Å². The molecule has 0 aliphatic carbocycles. The number of nitrogens with zero attached hydrogens (tertiary/aromatic N) is 2. The van der Waals surface area contributed by atoms with Gasteiger partial charge in [-0.3, -0.25) is 0 Å². The minimum atomic E-state index is -0.255. The third kappa shape index (κ3) is 6.71. The zero-order valence-electron chi connectivity index (χ0n) is 18.5. The van der Waals surface area contributed by atoms with Gasteiger partial charge in [-0.1, -0.05) is 93.8 Å². The van der Waals surface area contributed by atoms with E-state index in [1.165, 1.54) is 42.9 Å². The molecule has 31 heavy (non-hydrogen) atoms. The Morgan fingerprint density at radius 3 is 2.32 bits per heavy atom. The smallest absolute Gasteiger partial charge is 0.131 e. The maximum atomic E-state index is 14.6. The Morgan fingerprint density at radius 1 is 0.806 bits per heavy atom. The Morgan fingerprint density at radius 2 is 1.58 bits per heavy atom. The van der Waals surface area contributed by atoms with Gasteiger partial charge in [-0.15, -0.1) is 0 Å². The predicted molar refractivity (Wildman–Crippen MR) is 131 cm³/mol. The monoisotopic (exact) mass is 414 g/mol. The van der Waals surface area contributed by atoms with Crippen LogP contribution in [0.5, 0.6) is 0 Å². The molecule has 3 aromatic carbocycles. The Labute approximate surface area is 185 Å². The number of rotatable bonds is 10. The quantitative estimate of drug-likeness (QED) is 0.185. The molecule has 0 amide bonds. The summed E-state index contributed by atoms with van der Waals surface area (Å²) in [6, 6.07) is 21.5. The van der Waals surface area contributed by atoms with E-state index in [-0.39, 0.29) is 5.82 Å². The van der Waals surface area contributed by atoms with Crippen LogP contribution in [0, 0.1) is 5.82 Å². The first-order chi connectivity index (χ1) is 15.2. The molecule has 160 valence electrons. The normalized spacial score (nSPS) is 11.6. The molecule has 0 aliphatic heterocycles. The van der Waals surface area contributed by atoms with Gasteiger partial charge in [-0.25, -0.2) is 4.39 Å². The molecule has 0 heterocycles. The van der Waals surface area contributed by atoms with E-state index in [9.17, 15) is 4.39 Å². The molecule has 0 radical (unpaired) electrons. The molecule has 3 aromatic rings. The van der Waals surface area contributed by atoms with Crippen molar-refractivity contribution in [1.82, 2.24) is 0 Å². The van der Waals surface area contributed by atoms with Gasteiger partial charge in [0, 0.05) is 5.56 Å². The lowest BCUT2D eigenvalue weighted by Crippen LogP contribution is -1.93. The Bertz CT molecular complexity index is 1020. The van der Waals surface area contributed by atoms with Gasteiger partial charge in [0.25, 0.3) is 0 Å². The summed E-state index contributed by atoms with van der Waals surface area (Å²) in [6.45, 7) is 4.33. The molecule has 2 nitrogen and oxygen atoms in total. The van der Waals surface area contributed by atoms with Crippen LogP contribution in [0.25, 0.3) is 11.1 Å². The van der Waals surface area contributed by atoms with Crippen molar-refractivity contribution in [3.05, 3.63) is 94.8 Å². The number of benzene rings is 3. The van der Waals surface area contributed by atoms with E-state index in [0.29, 0.717) is 11.1 Å². The van der Waals surface area contributed by atoms with Crippen LogP contribution in [-0.4, -0.2) is 12.4 Å². The third-order valence-electron chi connectivity index (χ3n) is 5.49. The molecule has 0 bridgehead atoms. The number of unbranched alkanes of at least 4 members (excludes halogenated alkanes) is 3. The van der Waals surface area contributed by atoms with E-state index in [0.717, 1.165) is 24.0 Å². The van der Waals surface area contributed by atoms with E-state index < -0.39 is 0 Å². The zero-order valence-corrected chi connectivity index (χ0v) is 18.5. The van der Waals surface area contributed by atoms with Crippen LogP contribution in [-0.2, 0) is 12.8 Å². The molecule has 3 heteroatoms.